The van der Waals surface area contributed by atoms with E-state index in [2.05, 4.69) is 86.7 Å². The first kappa shape index (κ1) is 32.0. The minimum atomic E-state index is 0.988. The summed E-state index contributed by atoms with van der Waals surface area (Å²) in [6.07, 6.45) is 30.0. The summed E-state index contributed by atoms with van der Waals surface area (Å²) in [4.78, 5) is 5.89. The maximum atomic E-state index is 2.42. The molecule has 0 spiro atoms. The second kappa shape index (κ2) is 17.2. The highest BCUT2D eigenvalue weighted by Gasteiger charge is 2.08. The number of aryl methyl sites for hydroxylation is 2. The molecule has 2 aromatic heterocycles. The fourth-order valence-electron chi connectivity index (χ4n) is 6.35. The van der Waals surface area contributed by atoms with Crippen LogP contribution in [-0.2, 0) is 12.8 Å². The van der Waals surface area contributed by atoms with E-state index in [-0.39, 0.29) is 0 Å². The lowest BCUT2D eigenvalue weighted by Gasteiger charge is -2.04. The zero-order valence-corrected chi connectivity index (χ0v) is 28.4. The SMILES string of the molecule is CCCCCCCCCCc1ccc(C2=CCC=c3cc4cc(-c5ccc(CCCCCCCC)s5)ccc4cc3=C2)s1. The van der Waals surface area contributed by atoms with Crippen LogP contribution >= 0.6 is 22.7 Å². The first-order valence-corrected chi connectivity index (χ1v) is 19.0. The Balaban J connectivity index is 1.20. The second-order valence-electron chi connectivity index (χ2n) is 12.6. The normalized spacial score (nSPS) is 12.9. The maximum absolute atomic E-state index is 2.42. The molecule has 0 fully saturated rings. The molecule has 5 rings (SSSR count). The van der Waals surface area contributed by atoms with Gasteiger partial charge >= 0.3 is 0 Å². The van der Waals surface area contributed by atoms with Crippen molar-refractivity contribution in [2.45, 2.75) is 123 Å². The van der Waals surface area contributed by atoms with E-state index in [1.165, 1.54) is 150 Å². The van der Waals surface area contributed by atoms with Gasteiger partial charge in [0.2, 0.25) is 0 Å². The molecule has 2 aromatic carbocycles. The largest absolute Gasteiger partial charge is 0.140 e. The Morgan fingerprint density at radius 1 is 0.512 bits per heavy atom. The van der Waals surface area contributed by atoms with Crippen LogP contribution in [0.3, 0.4) is 0 Å². The van der Waals surface area contributed by atoms with Crippen molar-refractivity contribution in [2.24, 2.45) is 0 Å². The lowest BCUT2D eigenvalue weighted by atomic mass is 10.0. The summed E-state index contributed by atoms with van der Waals surface area (Å²) < 4.78 is 0. The highest BCUT2D eigenvalue weighted by atomic mass is 32.1. The van der Waals surface area contributed by atoms with Crippen molar-refractivity contribution in [1.29, 1.82) is 0 Å². The van der Waals surface area contributed by atoms with Gasteiger partial charge in [-0.05, 0) is 113 Å². The summed E-state index contributed by atoms with van der Waals surface area (Å²) in [6, 6.07) is 21.3. The Bertz CT molecular complexity index is 1580. The number of rotatable bonds is 18. The van der Waals surface area contributed by atoms with Crippen molar-refractivity contribution in [2.75, 3.05) is 0 Å². The average molecular weight is 609 g/mol. The lowest BCUT2D eigenvalue weighted by Crippen LogP contribution is -2.23. The van der Waals surface area contributed by atoms with Crippen LogP contribution in [0.15, 0.2) is 60.7 Å². The molecule has 2 heterocycles. The fourth-order valence-corrected chi connectivity index (χ4v) is 8.45. The maximum Gasteiger partial charge on any atom is 0.0345 e. The van der Waals surface area contributed by atoms with Crippen molar-refractivity contribution >= 4 is 51.2 Å². The van der Waals surface area contributed by atoms with Crippen LogP contribution < -0.4 is 10.4 Å². The van der Waals surface area contributed by atoms with E-state index in [0.717, 1.165) is 6.42 Å². The monoisotopic (exact) mass is 608 g/mol. The summed E-state index contributed by atoms with van der Waals surface area (Å²) >= 11 is 3.98. The molecule has 0 bridgehead atoms. The minimum Gasteiger partial charge on any atom is -0.140 e. The van der Waals surface area contributed by atoms with Gasteiger partial charge in [-0.15, -0.1) is 22.7 Å². The van der Waals surface area contributed by atoms with Crippen LogP contribution in [0.25, 0.3) is 38.9 Å². The van der Waals surface area contributed by atoms with Crippen LogP contribution in [-0.4, -0.2) is 0 Å². The molecule has 0 N–H and O–H groups in total. The van der Waals surface area contributed by atoms with E-state index in [9.17, 15) is 0 Å². The molecule has 1 aliphatic carbocycles. The number of thiophene rings is 2. The van der Waals surface area contributed by atoms with Crippen LogP contribution in [0.2, 0.25) is 0 Å². The van der Waals surface area contributed by atoms with Gasteiger partial charge < -0.3 is 0 Å². The Hall–Kier alpha value is -2.42. The van der Waals surface area contributed by atoms with Crippen molar-refractivity contribution in [3.63, 3.8) is 0 Å². The number of unbranched alkanes of at least 4 members (excludes halogenated alkanes) is 12. The summed E-state index contributed by atoms with van der Waals surface area (Å²) in [5.41, 5.74) is 2.74. The number of hydrogen-bond acceptors (Lipinski definition) is 2. The smallest absolute Gasteiger partial charge is 0.0345 e. The number of benzene rings is 2. The number of hydrogen-bond donors (Lipinski definition) is 0. The minimum absolute atomic E-state index is 0.988. The quantitative estimate of drug-likeness (QED) is 0.0986. The molecule has 0 radical (unpaired) electrons. The van der Waals surface area contributed by atoms with Crippen molar-refractivity contribution in [3.05, 3.63) is 85.7 Å². The lowest BCUT2D eigenvalue weighted by molar-refractivity contribution is 0.576. The predicted molar refractivity (Wildman–Crippen MR) is 196 cm³/mol. The van der Waals surface area contributed by atoms with E-state index in [0.29, 0.717) is 0 Å². The van der Waals surface area contributed by atoms with E-state index >= 15 is 0 Å². The number of allylic oxidation sites excluding steroid dienone is 2. The molecule has 43 heavy (non-hydrogen) atoms. The van der Waals surface area contributed by atoms with Gasteiger partial charge in [0.05, 0.1) is 0 Å². The van der Waals surface area contributed by atoms with Gasteiger partial charge in [-0.1, -0.05) is 115 Å². The molecule has 1 aliphatic rings. The summed E-state index contributed by atoms with van der Waals surface area (Å²) in [6.45, 7) is 4.59. The van der Waals surface area contributed by atoms with E-state index in [4.69, 9.17) is 0 Å². The Morgan fingerprint density at radius 2 is 1.09 bits per heavy atom. The van der Waals surface area contributed by atoms with Gasteiger partial charge in [-0.25, -0.2) is 0 Å². The zero-order valence-electron chi connectivity index (χ0n) is 26.8. The molecule has 2 heteroatoms. The standard InChI is InChI=1S/C41H52S2/c1-3-5-7-9-11-12-14-16-21-38-24-26-40(42-38)34-19-17-18-32-28-37-31-35(23-22-33(37)29-36(32)30-34)41-27-25-39(43-41)20-15-13-10-8-6-4-2/h18-19,22-31H,3-17,20-21H2,1-2H3. The highest BCUT2D eigenvalue weighted by molar-refractivity contribution is 7.15. The molecular formula is C41H52S2. The highest BCUT2D eigenvalue weighted by Crippen LogP contribution is 2.32. The molecule has 0 saturated heterocycles. The van der Waals surface area contributed by atoms with Gasteiger partial charge in [0.25, 0.3) is 0 Å². The topological polar surface area (TPSA) is 0 Å². The summed E-state index contributed by atoms with van der Waals surface area (Å²) in [7, 11) is 0. The average Bonchev–Trinajstić information content (AvgIpc) is 3.65. The molecule has 0 aliphatic heterocycles. The third-order valence-electron chi connectivity index (χ3n) is 8.97. The fraction of sp³-hybridized carbons (Fsp3) is 0.463. The first-order chi connectivity index (χ1) is 21.2. The van der Waals surface area contributed by atoms with Gasteiger partial charge in [0.15, 0.2) is 0 Å². The molecule has 0 amide bonds. The Kier molecular flexibility index (Phi) is 12.8. The van der Waals surface area contributed by atoms with Crippen LogP contribution in [0.5, 0.6) is 0 Å². The third-order valence-corrected chi connectivity index (χ3v) is 11.4. The molecule has 0 unspecified atom stereocenters. The molecule has 0 nitrogen and oxygen atoms in total. The van der Waals surface area contributed by atoms with Gasteiger partial charge in [0.1, 0.15) is 0 Å². The summed E-state index contributed by atoms with van der Waals surface area (Å²) in [5, 5.41) is 5.39. The molecule has 0 atom stereocenters. The Morgan fingerprint density at radius 3 is 1.77 bits per heavy atom. The molecule has 4 aromatic rings. The molecular weight excluding hydrogens is 557 g/mol. The molecule has 0 saturated carbocycles. The van der Waals surface area contributed by atoms with Gasteiger partial charge in [-0.3, -0.25) is 0 Å². The van der Waals surface area contributed by atoms with E-state index < -0.39 is 0 Å². The van der Waals surface area contributed by atoms with Crippen LogP contribution in [0.1, 0.15) is 125 Å². The predicted octanol–water partition coefficient (Wildman–Crippen LogP) is 12.3. The van der Waals surface area contributed by atoms with Crippen LogP contribution in [0, 0.1) is 0 Å². The van der Waals surface area contributed by atoms with Crippen LogP contribution in [0.4, 0.5) is 0 Å². The van der Waals surface area contributed by atoms with Crippen molar-refractivity contribution < 1.29 is 0 Å². The van der Waals surface area contributed by atoms with Crippen molar-refractivity contribution in [1.82, 2.24) is 0 Å². The van der Waals surface area contributed by atoms with Crippen molar-refractivity contribution in [3.8, 4) is 10.4 Å². The second-order valence-corrected chi connectivity index (χ2v) is 14.9. The Labute approximate surface area is 269 Å². The van der Waals surface area contributed by atoms with E-state index in [1.807, 2.05) is 22.7 Å². The summed E-state index contributed by atoms with van der Waals surface area (Å²) in [5.74, 6) is 0. The van der Waals surface area contributed by atoms with E-state index in [1.54, 1.807) is 4.88 Å². The third kappa shape index (κ3) is 9.53. The first-order valence-electron chi connectivity index (χ1n) is 17.4. The molecule has 228 valence electrons. The number of fused-ring (bicyclic) bond motifs is 2. The zero-order chi connectivity index (χ0) is 29.7. The van der Waals surface area contributed by atoms with Gasteiger partial charge in [-0.2, -0.15) is 0 Å². The van der Waals surface area contributed by atoms with Gasteiger partial charge in [0, 0.05) is 19.5 Å².